The van der Waals surface area contributed by atoms with Crippen LogP contribution in [0.25, 0.3) is 11.1 Å². The molecule has 0 aliphatic carbocycles. The minimum absolute atomic E-state index is 0.232. The summed E-state index contributed by atoms with van der Waals surface area (Å²) in [6.45, 7) is 17.7. The van der Waals surface area contributed by atoms with Crippen LogP contribution in [0.2, 0.25) is 0 Å². The van der Waals surface area contributed by atoms with Crippen molar-refractivity contribution in [3.05, 3.63) is 47.5 Å². The summed E-state index contributed by atoms with van der Waals surface area (Å²) in [5, 5.41) is 0. The van der Waals surface area contributed by atoms with Crippen LogP contribution >= 0.6 is 0 Å². The van der Waals surface area contributed by atoms with Crippen molar-refractivity contribution < 1.29 is 57.2 Å². The molecule has 4 rings (SSSR count). The molecule has 0 unspecified atom stereocenters. The number of esters is 2. The highest BCUT2D eigenvalue weighted by Crippen LogP contribution is 2.39. The van der Waals surface area contributed by atoms with Crippen molar-refractivity contribution in [2.45, 2.75) is 124 Å². The van der Waals surface area contributed by atoms with Gasteiger partial charge in [-0.25, -0.2) is 19.2 Å². The van der Waals surface area contributed by atoms with E-state index in [2.05, 4.69) is 0 Å². The van der Waals surface area contributed by atoms with Crippen LogP contribution in [0, 0.1) is 0 Å². The van der Waals surface area contributed by atoms with Crippen molar-refractivity contribution in [1.82, 2.24) is 9.80 Å². The van der Waals surface area contributed by atoms with Crippen LogP contribution in [0.15, 0.2) is 36.4 Å². The molecule has 2 atom stereocenters. The first-order valence-electron chi connectivity index (χ1n) is 19.1. The van der Waals surface area contributed by atoms with Crippen LogP contribution in [0.3, 0.4) is 0 Å². The highest BCUT2D eigenvalue weighted by atomic mass is 16.6. The van der Waals surface area contributed by atoms with Gasteiger partial charge in [-0.15, -0.1) is 0 Å². The second-order valence-corrected chi connectivity index (χ2v) is 16.8. The van der Waals surface area contributed by atoms with E-state index in [0.717, 1.165) is 0 Å². The van der Waals surface area contributed by atoms with Gasteiger partial charge in [0.15, 0.2) is 24.8 Å². The summed E-state index contributed by atoms with van der Waals surface area (Å²) in [5.74, 6) is -1.61. The summed E-state index contributed by atoms with van der Waals surface area (Å²) in [6.07, 6.45) is 0.791. The van der Waals surface area contributed by atoms with Crippen LogP contribution in [-0.4, -0.2) is 107 Å². The number of hydrogen-bond donors (Lipinski definition) is 0. The summed E-state index contributed by atoms with van der Waals surface area (Å²) < 4.78 is 33.9. The molecule has 14 nitrogen and oxygen atoms in total. The largest absolute Gasteiger partial charge is 0.493 e. The Morgan fingerprint density at radius 2 is 1.02 bits per heavy atom. The molecule has 2 aromatic carbocycles. The zero-order valence-electron chi connectivity index (χ0n) is 34.3. The molecular weight excluding hydrogens is 724 g/mol. The number of Topliss-reactive ketones (excluding diaryl/α,β-unsaturated/α-hetero) is 2. The van der Waals surface area contributed by atoms with Crippen molar-refractivity contribution in [2.75, 3.05) is 32.9 Å². The highest BCUT2D eigenvalue weighted by molar-refractivity contribution is 6.01. The Kier molecular flexibility index (Phi) is 13.8. The van der Waals surface area contributed by atoms with Crippen LogP contribution < -0.4 is 9.47 Å². The van der Waals surface area contributed by atoms with Crippen molar-refractivity contribution in [3.8, 4) is 22.6 Å². The Morgan fingerprint density at radius 1 is 0.607 bits per heavy atom. The van der Waals surface area contributed by atoms with Gasteiger partial charge in [-0.1, -0.05) is 12.1 Å². The third-order valence-corrected chi connectivity index (χ3v) is 8.61. The summed E-state index contributed by atoms with van der Waals surface area (Å²) in [4.78, 5) is 80.6. The Labute approximate surface area is 329 Å². The molecule has 0 spiro atoms. The third-order valence-electron chi connectivity index (χ3n) is 8.61. The van der Waals surface area contributed by atoms with Gasteiger partial charge in [0.05, 0.1) is 6.61 Å². The van der Waals surface area contributed by atoms with E-state index in [0.29, 0.717) is 61.4 Å². The first-order valence-corrected chi connectivity index (χ1v) is 19.1. The third kappa shape index (κ3) is 11.9. The van der Waals surface area contributed by atoms with E-state index in [1.807, 2.05) is 20.8 Å². The lowest BCUT2D eigenvalue weighted by molar-refractivity contribution is -0.148. The second-order valence-electron chi connectivity index (χ2n) is 16.8. The number of carbonyl (C=O) groups excluding carboxylic acids is 6. The molecule has 0 N–H and O–H groups in total. The van der Waals surface area contributed by atoms with Crippen molar-refractivity contribution in [2.24, 2.45) is 0 Å². The second kappa shape index (κ2) is 17.8. The maximum Gasteiger partial charge on any atom is 0.411 e. The van der Waals surface area contributed by atoms with Gasteiger partial charge in [-0.05, 0) is 119 Å². The average Bonchev–Trinajstić information content (AvgIpc) is 3.79. The fourth-order valence-electron chi connectivity index (χ4n) is 6.26. The van der Waals surface area contributed by atoms with Gasteiger partial charge < -0.3 is 28.4 Å². The van der Waals surface area contributed by atoms with Crippen molar-refractivity contribution in [3.63, 3.8) is 0 Å². The fourth-order valence-corrected chi connectivity index (χ4v) is 6.26. The molecule has 2 heterocycles. The van der Waals surface area contributed by atoms with Gasteiger partial charge in [0.2, 0.25) is 0 Å². The Balaban J connectivity index is 1.49. The van der Waals surface area contributed by atoms with Gasteiger partial charge >= 0.3 is 24.1 Å². The zero-order chi connectivity index (χ0) is 41.6. The predicted octanol–water partition coefficient (Wildman–Crippen LogP) is 7.18. The molecule has 0 aromatic heterocycles. The number of ether oxygens (including phenoxy) is 6. The van der Waals surface area contributed by atoms with E-state index < -0.39 is 77.8 Å². The maximum atomic E-state index is 13.4. The van der Waals surface area contributed by atoms with E-state index in [1.54, 1.807) is 84.9 Å². The van der Waals surface area contributed by atoms with Gasteiger partial charge in [-0.2, -0.15) is 0 Å². The van der Waals surface area contributed by atoms with Gasteiger partial charge in [0, 0.05) is 35.3 Å². The van der Waals surface area contributed by atoms with Crippen molar-refractivity contribution in [1.29, 1.82) is 0 Å². The molecule has 0 radical (unpaired) electrons. The molecule has 2 aliphatic rings. The topological polar surface area (TPSA) is 164 Å². The first-order chi connectivity index (χ1) is 26.1. The van der Waals surface area contributed by atoms with Crippen molar-refractivity contribution >= 4 is 35.7 Å². The number of likely N-dealkylation sites (tertiary alicyclic amines) is 2. The van der Waals surface area contributed by atoms with Gasteiger partial charge in [-0.3, -0.25) is 19.4 Å². The fraction of sp³-hybridized carbons (Fsp3) is 0.571. The maximum absolute atomic E-state index is 13.4. The number of carbonyl (C=O) groups is 6. The van der Waals surface area contributed by atoms with E-state index in [-0.39, 0.29) is 17.7 Å². The monoisotopic (exact) mass is 780 g/mol. The molecule has 14 heteroatoms. The number of amides is 2. The van der Waals surface area contributed by atoms with E-state index >= 15 is 0 Å². The average molecular weight is 781 g/mol. The number of benzene rings is 2. The zero-order valence-corrected chi connectivity index (χ0v) is 34.3. The van der Waals surface area contributed by atoms with Crippen LogP contribution in [0.4, 0.5) is 9.59 Å². The Bertz CT molecular complexity index is 1800. The molecule has 2 aromatic rings. The molecule has 0 bridgehead atoms. The summed E-state index contributed by atoms with van der Waals surface area (Å²) in [5.41, 5.74) is -0.519. The number of hydrogen-bond acceptors (Lipinski definition) is 12. The summed E-state index contributed by atoms with van der Waals surface area (Å²) >= 11 is 0. The molecule has 0 saturated carbocycles. The minimum atomic E-state index is -0.847. The van der Waals surface area contributed by atoms with E-state index in [9.17, 15) is 28.8 Å². The standard InChI is InChI=1S/C42H56N2O12/c1-11-51-34-22-26(32(45)24-52-36(47)30-14-12-20-43(30)38(49)55-41(5,6)7)16-18-28(34)29-19-17-27(23-35(29)54-40(2,3)4)33(46)25-53-37(48)31-15-13-21-44(31)39(50)56-42(8,9)10/h16-19,22-23,30-31H,11-15,20-21,24-25H2,1-10H3/t30-,31-/m0/s1. The first kappa shape index (κ1) is 43.6. The molecule has 306 valence electrons. The highest BCUT2D eigenvalue weighted by Gasteiger charge is 2.39. The number of rotatable bonds is 12. The lowest BCUT2D eigenvalue weighted by Crippen LogP contribution is -2.44. The minimum Gasteiger partial charge on any atom is -0.493 e. The lowest BCUT2D eigenvalue weighted by atomic mass is 9.97. The summed E-state index contributed by atoms with van der Waals surface area (Å²) in [6, 6.07) is 7.98. The molecule has 2 saturated heterocycles. The van der Waals surface area contributed by atoms with Crippen LogP contribution in [0.1, 0.15) is 116 Å². The van der Waals surface area contributed by atoms with Gasteiger partial charge in [0.1, 0.15) is 40.4 Å². The normalized spacial score (nSPS) is 17.2. The van der Waals surface area contributed by atoms with Crippen LogP contribution in [0.5, 0.6) is 11.5 Å². The number of ketones is 2. The Hall–Kier alpha value is -5.14. The van der Waals surface area contributed by atoms with E-state index in [4.69, 9.17) is 28.4 Å². The molecule has 2 amide bonds. The SMILES string of the molecule is CCOc1cc(C(=O)COC(=O)[C@@H]2CCCN2C(=O)OC(C)(C)C)ccc1-c1ccc(C(=O)COC(=O)[C@@H]2CCCN2C(=O)OC(C)(C)C)cc1OC(C)(C)C. The predicted molar refractivity (Wildman–Crippen MR) is 206 cm³/mol. The van der Waals surface area contributed by atoms with Crippen LogP contribution in [-0.2, 0) is 28.5 Å². The quantitative estimate of drug-likeness (QED) is 0.121. The molecule has 2 aliphatic heterocycles. The molecule has 56 heavy (non-hydrogen) atoms. The summed E-state index contributed by atoms with van der Waals surface area (Å²) in [7, 11) is 0. The smallest absolute Gasteiger partial charge is 0.411 e. The lowest BCUT2D eigenvalue weighted by Gasteiger charge is -2.27. The molecule has 2 fully saturated rings. The molecular formula is C42H56N2O12. The Morgan fingerprint density at radius 3 is 1.41 bits per heavy atom. The number of nitrogens with zero attached hydrogens (tertiary/aromatic N) is 2. The van der Waals surface area contributed by atoms with E-state index in [1.165, 1.54) is 9.80 Å². The van der Waals surface area contributed by atoms with Gasteiger partial charge in [0.25, 0.3) is 0 Å².